The first-order valence-corrected chi connectivity index (χ1v) is 5.49. The summed E-state index contributed by atoms with van der Waals surface area (Å²) < 4.78 is 6.29. The van der Waals surface area contributed by atoms with Crippen LogP contribution in [0, 0.1) is 6.92 Å². The van der Waals surface area contributed by atoms with Crippen LogP contribution in [0.4, 0.5) is 0 Å². The summed E-state index contributed by atoms with van der Waals surface area (Å²) >= 11 is 3.32. The summed E-state index contributed by atoms with van der Waals surface area (Å²) in [5, 5.41) is 8.86. The number of carboxylic acids is 1. The van der Waals surface area contributed by atoms with E-state index >= 15 is 0 Å². The van der Waals surface area contributed by atoms with Crippen LogP contribution in [0.25, 0.3) is 0 Å². The Bertz CT molecular complexity index is 363. The minimum atomic E-state index is -0.933. The van der Waals surface area contributed by atoms with E-state index in [1.54, 1.807) is 13.0 Å². The van der Waals surface area contributed by atoms with E-state index in [4.69, 9.17) is 9.84 Å². The number of hydrogen-bond acceptors (Lipinski definition) is 2. The monoisotopic (exact) mass is 272 g/mol. The predicted molar refractivity (Wildman–Crippen MR) is 61.2 cm³/mol. The van der Waals surface area contributed by atoms with Crippen LogP contribution in [0.3, 0.4) is 0 Å². The molecule has 0 saturated heterocycles. The van der Waals surface area contributed by atoms with Gasteiger partial charge in [0.15, 0.2) is 6.10 Å². The molecule has 0 radical (unpaired) electrons. The van der Waals surface area contributed by atoms with E-state index in [1.165, 1.54) is 0 Å². The lowest BCUT2D eigenvalue weighted by molar-refractivity contribution is -0.145. The lowest BCUT2D eigenvalue weighted by Gasteiger charge is -2.15. The Kier molecular flexibility index (Phi) is 4.15. The van der Waals surface area contributed by atoms with Crippen molar-refractivity contribution in [3.8, 4) is 5.75 Å². The maximum atomic E-state index is 10.8. The van der Waals surface area contributed by atoms with E-state index < -0.39 is 12.1 Å². The lowest BCUT2D eigenvalue weighted by atomic mass is 10.2. The number of carbonyl (C=O) groups is 1. The molecule has 1 atom stereocenters. The zero-order chi connectivity index (χ0) is 11.4. The second-order valence-electron chi connectivity index (χ2n) is 3.26. The van der Waals surface area contributed by atoms with Crippen molar-refractivity contribution in [2.45, 2.75) is 26.4 Å². The Morgan fingerprint density at radius 1 is 1.60 bits per heavy atom. The zero-order valence-electron chi connectivity index (χ0n) is 8.66. The van der Waals surface area contributed by atoms with E-state index in [-0.39, 0.29) is 0 Å². The SMILES string of the molecule is CCC(Oc1cc(Br)ccc1C)C(=O)O. The third kappa shape index (κ3) is 3.23. The fraction of sp³-hybridized carbons (Fsp3) is 0.364. The van der Waals surface area contributed by atoms with Crippen LogP contribution < -0.4 is 4.74 Å². The molecule has 82 valence electrons. The summed E-state index contributed by atoms with van der Waals surface area (Å²) in [6.07, 6.45) is -0.334. The lowest BCUT2D eigenvalue weighted by Crippen LogP contribution is -2.26. The molecule has 1 aromatic rings. The minimum absolute atomic E-state index is 0.446. The molecule has 0 aliphatic rings. The third-order valence-electron chi connectivity index (χ3n) is 2.07. The molecule has 4 heteroatoms. The first kappa shape index (κ1) is 12.0. The molecule has 0 heterocycles. The van der Waals surface area contributed by atoms with Gasteiger partial charge in [0, 0.05) is 4.47 Å². The number of benzene rings is 1. The number of halogens is 1. The van der Waals surface area contributed by atoms with E-state index in [1.807, 2.05) is 19.1 Å². The first-order chi connectivity index (χ1) is 7.04. The highest BCUT2D eigenvalue weighted by Gasteiger charge is 2.17. The van der Waals surface area contributed by atoms with E-state index in [0.29, 0.717) is 12.2 Å². The predicted octanol–water partition coefficient (Wildman–Crippen LogP) is 3.00. The molecule has 1 unspecified atom stereocenters. The molecule has 0 amide bonds. The van der Waals surface area contributed by atoms with Gasteiger partial charge in [0.2, 0.25) is 0 Å². The van der Waals surface area contributed by atoms with Gasteiger partial charge in [-0.05, 0) is 31.0 Å². The molecule has 1 aromatic carbocycles. The Morgan fingerprint density at radius 2 is 2.27 bits per heavy atom. The molecule has 3 nitrogen and oxygen atoms in total. The summed E-state index contributed by atoms with van der Waals surface area (Å²) in [5.41, 5.74) is 0.929. The number of rotatable bonds is 4. The minimum Gasteiger partial charge on any atom is -0.479 e. The van der Waals surface area contributed by atoms with Gasteiger partial charge in [-0.3, -0.25) is 0 Å². The fourth-order valence-electron chi connectivity index (χ4n) is 1.16. The van der Waals surface area contributed by atoms with Gasteiger partial charge in [-0.25, -0.2) is 4.79 Å². The van der Waals surface area contributed by atoms with Gasteiger partial charge in [0.1, 0.15) is 5.75 Å². The Balaban J connectivity index is 2.87. The van der Waals surface area contributed by atoms with Crippen molar-refractivity contribution in [3.05, 3.63) is 28.2 Å². The zero-order valence-corrected chi connectivity index (χ0v) is 10.2. The summed E-state index contributed by atoms with van der Waals surface area (Å²) in [4.78, 5) is 10.8. The van der Waals surface area contributed by atoms with Gasteiger partial charge >= 0.3 is 5.97 Å². The van der Waals surface area contributed by atoms with Crippen LogP contribution >= 0.6 is 15.9 Å². The van der Waals surface area contributed by atoms with E-state index in [0.717, 1.165) is 10.0 Å². The molecule has 0 aliphatic carbocycles. The third-order valence-corrected chi connectivity index (χ3v) is 2.56. The van der Waals surface area contributed by atoms with Crippen molar-refractivity contribution in [1.29, 1.82) is 0 Å². The van der Waals surface area contributed by atoms with Crippen LogP contribution in [0.15, 0.2) is 22.7 Å². The molecule has 1 N–H and O–H groups in total. The number of ether oxygens (including phenoxy) is 1. The highest BCUT2D eigenvalue weighted by molar-refractivity contribution is 9.10. The second-order valence-corrected chi connectivity index (χ2v) is 4.18. The summed E-state index contributed by atoms with van der Waals surface area (Å²) in [6, 6.07) is 5.55. The number of aryl methyl sites for hydroxylation is 1. The molecule has 0 aromatic heterocycles. The molecule has 0 spiro atoms. The van der Waals surface area contributed by atoms with E-state index in [2.05, 4.69) is 15.9 Å². The van der Waals surface area contributed by atoms with Crippen molar-refractivity contribution in [3.63, 3.8) is 0 Å². The summed E-state index contributed by atoms with van der Waals surface area (Å²) in [5.74, 6) is -0.324. The van der Waals surface area contributed by atoms with Gasteiger partial charge in [-0.2, -0.15) is 0 Å². The van der Waals surface area contributed by atoms with Crippen LogP contribution in [0.2, 0.25) is 0 Å². The Morgan fingerprint density at radius 3 is 2.80 bits per heavy atom. The van der Waals surface area contributed by atoms with Crippen LogP contribution in [0.5, 0.6) is 5.75 Å². The van der Waals surface area contributed by atoms with Crippen LogP contribution in [0.1, 0.15) is 18.9 Å². The van der Waals surface area contributed by atoms with Gasteiger partial charge in [0.05, 0.1) is 0 Å². The van der Waals surface area contributed by atoms with Gasteiger partial charge in [-0.15, -0.1) is 0 Å². The molecule has 0 bridgehead atoms. The highest BCUT2D eigenvalue weighted by atomic mass is 79.9. The molecule has 1 rings (SSSR count). The van der Waals surface area contributed by atoms with Crippen molar-refractivity contribution in [1.82, 2.24) is 0 Å². The standard InChI is InChI=1S/C11H13BrO3/c1-3-9(11(13)14)15-10-6-8(12)5-4-7(10)2/h4-6,9H,3H2,1-2H3,(H,13,14). The Labute approximate surface area is 97.2 Å². The fourth-order valence-corrected chi connectivity index (χ4v) is 1.50. The Hall–Kier alpha value is -1.03. The quantitative estimate of drug-likeness (QED) is 0.917. The molecule has 0 fully saturated rings. The molecule has 0 saturated carbocycles. The van der Waals surface area contributed by atoms with Crippen LogP contribution in [-0.4, -0.2) is 17.2 Å². The van der Waals surface area contributed by atoms with Crippen molar-refractivity contribution < 1.29 is 14.6 Å². The molecular weight excluding hydrogens is 260 g/mol. The second kappa shape index (κ2) is 5.16. The molecular formula is C11H13BrO3. The molecule has 15 heavy (non-hydrogen) atoms. The summed E-state index contributed by atoms with van der Waals surface area (Å²) in [6.45, 7) is 3.67. The van der Waals surface area contributed by atoms with Gasteiger partial charge in [0.25, 0.3) is 0 Å². The average Bonchev–Trinajstić information content (AvgIpc) is 2.18. The number of hydrogen-bond donors (Lipinski definition) is 1. The van der Waals surface area contributed by atoms with Gasteiger partial charge in [-0.1, -0.05) is 28.9 Å². The maximum absolute atomic E-state index is 10.8. The highest BCUT2D eigenvalue weighted by Crippen LogP contribution is 2.24. The van der Waals surface area contributed by atoms with Crippen LogP contribution in [-0.2, 0) is 4.79 Å². The van der Waals surface area contributed by atoms with E-state index in [9.17, 15) is 4.79 Å². The molecule has 0 aliphatic heterocycles. The van der Waals surface area contributed by atoms with Crippen molar-refractivity contribution >= 4 is 21.9 Å². The smallest absolute Gasteiger partial charge is 0.344 e. The first-order valence-electron chi connectivity index (χ1n) is 4.70. The topological polar surface area (TPSA) is 46.5 Å². The largest absolute Gasteiger partial charge is 0.479 e. The number of carboxylic acid groups (broad SMARTS) is 1. The van der Waals surface area contributed by atoms with Crippen molar-refractivity contribution in [2.24, 2.45) is 0 Å². The number of aliphatic carboxylic acids is 1. The maximum Gasteiger partial charge on any atom is 0.344 e. The van der Waals surface area contributed by atoms with Crippen molar-refractivity contribution in [2.75, 3.05) is 0 Å². The normalized spacial score (nSPS) is 12.2. The summed E-state index contributed by atoms with van der Waals surface area (Å²) in [7, 11) is 0. The average molecular weight is 273 g/mol. The van der Waals surface area contributed by atoms with Gasteiger partial charge < -0.3 is 9.84 Å².